The molecule has 1 aliphatic rings. The zero-order valence-corrected chi connectivity index (χ0v) is 28.8. The van der Waals surface area contributed by atoms with Crippen LogP contribution in [0.5, 0.6) is 0 Å². The molecule has 248 valence electrons. The fraction of sp³-hybridized carbons (Fsp3) is 0.0200. The summed E-state index contributed by atoms with van der Waals surface area (Å²) in [6.45, 7) is 0. The van der Waals surface area contributed by atoms with Gasteiger partial charge in [-0.1, -0.05) is 140 Å². The Hall–Kier alpha value is -6.97. The molecule has 10 aromatic rings. The van der Waals surface area contributed by atoms with Gasteiger partial charge in [-0.2, -0.15) is 0 Å². The summed E-state index contributed by atoms with van der Waals surface area (Å²) in [7, 11) is 0. The quantitative estimate of drug-likeness (QED) is 0.182. The van der Waals surface area contributed by atoms with E-state index in [0.717, 1.165) is 27.9 Å². The molecule has 0 N–H and O–H groups in total. The van der Waals surface area contributed by atoms with Crippen molar-refractivity contribution in [2.75, 3.05) is 0 Å². The van der Waals surface area contributed by atoms with Crippen molar-refractivity contribution in [2.24, 2.45) is 0 Å². The van der Waals surface area contributed by atoms with Crippen LogP contribution in [0.15, 0.2) is 199 Å². The van der Waals surface area contributed by atoms with E-state index < -0.39 is 5.41 Å². The average molecular weight is 677 g/mol. The van der Waals surface area contributed by atoms with Gasteiger partial charge in [-0.3, -0.25) is 0 Å². The number of benzene rings is 8. The van der Waals surface area contributed by atoms with Gasteiger partial charge in [0.2, 0.25) is 5.89 Å². The minimum atomic E-state index is -0.458. The molecule has 11 rings (SSSR count). The third-order valence-electron chi connectivity index (χ3n) is 11.1. The normalized spacial score (nSPS) is 13.1. The van der Waals surface area contributed by atoms with Crippen LogP contribution in [-0.2, 0) is 5.41 Å². The number of rotatable bonds is 5. The van der Waals surface area contributed by atoms with Crippen LogP contribution in [0.1, 0.15) is 22.3 Å². The van der Waals surface area contributed by atoms with Crippen LogP contribution in [0.25, 0.3) is 72.3 Å². The molecule has 0 saturated heterocycles. The molecule has 1 aliphatic carbocycles. The average Bonchev–Trinajstić information content (AvgIpc) is 3.90. The van der Waals surface area contributed by atoms with Crippen molar-refractivity contribution in [3.05, 3.63) is 216 Å². The number of hydrogen-bond acceptors (Lipinski definition) is 2. The highest BCUT2D eigenvalue weighted by Crippen LogP contribution is 2.56. The van der Waals surface area contributed by atoms with Crippen molar-refractivity contribution in [3.63, 3.8) is 0 Å². The molecule has 0 spiro atoms. The Labute approximate surface area is 307 Å². The van der Waals surface area contributed by atoms with E-state index in [9.17, 15) is 0 Å². The maximum Gasteiger partial charge on any atom is 0.227 e. The lowest BCUT2D eigenvalue weighted by Gasteiger charge is -2.34. The Morgan fingerprint density at radius 3 is 1.85 bits per heavy atom. The number of oxazole rings is 1. The number of hydrogen-bond donors (Lipinski definition) is 0. The van der Waals surface area contributed by atoms with E-state index in [4.69, 9.17) is 9.40 Å². The summed E-state index contributed by atoms with van der Waals surface area (Å²) in [5.74, 6) is 0.636. The van der Waals surface area contributed by atoms with Crippen molar-refractivity contribution in [1.82, 2.24) is 9.55 Å². The van der Waals surface area contributed by atoms with Gasteiger partial charge in [-0.05, 0) is 99.1 Å². The molecule has 0 amide bonds. The van der Waals surface area contributed by atoms with Crippen LogP contribution in [0.2, 0.25) is 0 Å². The van der Waals surface area contributed by atoms with Gasteiger partial charge in [-0.25, -0.2) is 4.98 Å². The predicted molar refractivity (Wildman–Crippen MR) is 217 cm³/mol. The summed E-state index contributed by atoms with van der Waals surface area (Å²) in [6, 6.07) is 70.1. The second-order valence-electron chi connectivity index (χ2n) is 13.9. The van der Waals surface area contributed by atoms with Gasteiger partial charge >= 0.3 is 0 Å². The highest BCUT2D eigenvalue weighted by atomic mass is 16.3. The molecule has 2 aromatic heterocycles. The molecule has 53 heavy (non-hydrogen) atoms. The lowest BCUT2D eigenvalue weighted by molar-refractivity contribution is 0.620. The first kappa shape index (κ1) is 29.7. The molecule has 0 saturated carbocycles. The molecule has 0 radical (unpaired) electrons. The molecule has 0 fully saturated rings. The summed E-state index contributed by atoms with van der Waals surface area (Å²) in [6.07, 6.45) is 0. The predicted octanol–water partition coefficient (Wildman–Crippen LogP) is 12.6. The van der Waals surface area contributed by atoms with Gasteiger partial charge in [0.05, 0.1) is 16.4 Å². The minimum Gasteiger partial charge on any atom is -0.436 e. The smallest absolute Gasteiger partial charge is 0.227 e. The van der Waals surface area contributed by atoms with Crippen LogP contribution in [0, 0.1) is 0 Å². The maximum atomic E-state index is 6.05. The molecule has 0 aliphatic heterocycles. The Kier molecular flexibility index (Phi) is 6.47. The largest absolute Gasteiger partial charge is 0.436 e. The SMILES string of the molecule is c1ccc(C2(c3ccccc3)c3ccccc3-c3ccc(-n4c5ccccc5c5cc(-c6ccc(-c7nc8ccccc8o7)cc6)ccc54)cc32)cc1. The minimum absolute atomic E-state index is 0.458. The van der Waals surface area contributed by atoms with Crippen LogP contribution in [-0.4, -0.2) is 9.55 Å². The maximum absolute atomic E-state index is 6.05. The Morgan fingerprint density at radius 2 is 1.06 bits per heavy atom. The molecular weight excluding hydrogens is 645 g/mol. The zero-order chi connectivity index (χ0) is 34.9. The summed E-state index contributed by atoms with van der Waals surface area (Å²) >= 11 is 0. The van der Waals surface area contributed by atoms with Crippen molar-refractivity contribution < 1.29 is 4.42 Å². The van der Waals surface area contributed by atoms with Crippen LogP contribution >= 0.6 is 0 Å². The standard InChI is InChI=1S/C50H32N2O/c1-3-13-36(14-4-1)50(37-15-5-2-6-16-37)43-19-9-7-17-39(43)40-29-28-38(32-44(40)50)52-46-21-11-8-18-41(46)42-31-35(27-30-47(42)52)33-23-25-34(26-24-33)49-51-45-20-10-12-22-48(45)53-49/h1-32H. The van der Waals surface area contributed by atoms with Gasteiger partial charge in [0, 0.05) is 22.0 Å². The first-order chi connectivity index (χ1) is 26.3. The van der Waals surface area contributed by atoms with Crippen LogP contribution < -0.4 is 0 Å². The van der Waals surface area contributed by atoms with E-state index >= 15 is 0 Å². The summed E-state index contributed by atoms with van der Waals surface area (Å²) < 4.78 is 8.48. The molecule has 0 atom stereocenters. The Balaban J connectivity index is 1.08. The van der Waals surface area contributed by atoms with Gasteiger partial charge in [0.1, 0.15) is 5.52 Å². The van der Waals surface area contributed by atoms with Crippen LogP contribution in [0.3, 0.4) is 0 Å². The van der Waals surface area contributed by atoms with E-state index in [2.05, 4.69) is 174 Å². The van der Waals surface area contributed by atoms with E-state index in [1.165, 1.54) is 60.8 Å². The third kappa shape index (κ3) is 4.38. The van der Waals surface area contributed by atoms with Gasteiger partial charge < -0.3 is 8.98 Å². The first-order valence-electron chi connectivity index (χ1n) is 18.1. The summed E-state index contributed by atoms with van der Waals surface area (Å²) in [4.78, 5) is 4.70. The van der Waals surface area contributed by atoms with Gasteiger partial charge in [0.25, 0.3) is 0 Å². The number of fused-ring (bicyclic) bond motifs is 7. The monoisotopic (exact) mass is 676 g/mol. The molecule has 0 bridgehead atoms. The summed E-state index contributed by atoms with van der Waals surface area (Å²) in [5, 5.41) is 2.45. The zero-order valence-electron chi connectivity index (χ0n) is 28.8. The lowest BCUT2D eigenvalue weighted by atomic mass is 9.67. The van der Waals surface area contributed by atoms with E-state index in [1.807, 2.05) is 24.3 Å². The highest BCUT2D eigenvalue weighted by Gasteiger charge is 2.46. The fourth-order valence-corrected chi connectivity index (χ4v) is 8.80. The third-order valence-corrected chi connectivity index (χ3v) is 11.1. The number of nitrogens with zero attached hydrogens (tertiary/aromatic N) is 2. The van der Waals surface area contributed by atoms with Gasteiger partial charge in [-0.15, -0.1) is 0 Å². The van der Waals surface area contributed by atoms with Gasteiger partial charge in [0.15, 0.2) is 5.58 Å². The van der Waals surface area contributed by atoms with E-state index in [-0.39, 0.29) is 0 Å². The molecule has 0 unspecified atom stereocenters. The Morgan fingerprint density at radius 1 is 0.434 bits per heavy atom. The van der Waals surface area contributed by atoms with Crippen molar-refractivity contribution >= 4 is 32.9 Å². The fourth-order valence-electron chi connectivity index (χ4n) is 8.80. The molecule has 2 heterocycles. The highest BCUT2D eigenvalue weighted by molar-refractivity contribution is 6.10. The molecule has 3 nitrogen and oxygen atoms in total. The lowest BCUT2D eigenvalue weighted by Crippen LogP contribution is -2.28. The second kappa shape index (κ2) is 11.5. The van der Waals surface area contributed by atoms with Crippen molar-refractivity contribution in [3.8, 4) is 39.4 Å². The van der Waals surface area contributed by atoms with Crippen LogP contribution in [0.4, 0.5) is 0 Å². The molecule has 8 aromatic carbocycles. The Bertz CT molecular complexity index is 2920. The molecular formula is C50H32N2O. The van der Waals surface area contributed by atoms with Crippen molar-refractivity contribution in [2.45, 2.75) is 5.41 Å². The number of para-hydroxylation sites is 3. The van der Waals surface area contributed by atoms with Crippen molar-refractivity contribution in [1.29, 1.82) is 0 Å². The van der Waals surface area contributed by atoms with E-state index in [0.29, 0.717) is 5.89 Å². The first-order valence-corrected chi connectivity index (χ1v) is 18.1. The number of aromatic nitrogens is 2. The molecule has 3 heteroatoms. The topological polar surface area (TPSA) is 31.0 Å². The van der Waals surface area contributed by atoms with E-state index in [1.54, 1.807) is 0 Å². The summed E-state index contributed by atoms with van der Waals surface area (Å²) in [5.41, 5.74) is 15.7. The second-order valence-corrected chi connectivity index (χ2v) is 13.9.